The number of carbonyl (C=O) groups excluding carboxylic acids is 3. The zero-order valence-corrected chi connectivity index (χ0v) is 23.6. The van der Waals surface area contributed by atoms with Crippen LogP contribution in [0, 0.1) is 0 Å². The number of para-hydroxylation sites is 1. The number of carbonyl (C=O) groups is 4. The number of nitrogens with one attached hydrogen (secondary N) is 4. The molecule has 0 bridgehead atoms. The number of hydrogen-bond acceptors (Lipinski definition) is 6. The Kier molecular flexibility index (Phi) is 10.1. The number of phenols is 1. The Morgan fingerprint density at radius 1 is 0.744 bits per heavy atom. The number of H-pyrrole nitrogens is 1. The van der Waals surface area contributed by atoms with E-state index in [0.717, 1.165) is 22.0 Å². The minimum atomic E-state index is -1.23. The van der Waals surface area contributed by atoms with E-state index in [1.165, 1.54) is 19.1 Å². The first-order valence-electron chi connectivity index (χ1n) is 13.9. The lowest BCUT2D eigenvalue weighted by atomic mass is 10.0. The molecule has 11 heteroatoms. The smallest absolute Gasteiger partial charge is 0.325 e. The maximum atomic E-state index is 13.7. The van der Waals surface area contributed by atoms with Crippen LogP contribution in [0.1, 0.15) is 23.6 Å². The van der Waals surface area contributed by atoms with Gasteiger partial charge in [-0.2, -0.15) is 0 Å². The van der Waals surface area contributed by atoms with E-state index in [9.17, 15) is 29.4 Å². The van der Waals surface area contributed by atoms with Crippen molar-refractivity contribution < 1.29 is 29.4 Å². The number of benzene rings is 3. The average molecular weight is 586 g/mol. The molecule has 4 unspecified atom stereocenters. The number of aliphatic carboxylic acids is 1. The molecule has 0 aliphatic heterocycles. The largest absolute Gasteiger partial charge is 0.508 e. The van der Waals surface area contributed by atoms with Gasteiger partial charge in [-0.1, -0.05) is 60.7 Å². The number of rotatable bonds is 13. The maximum Gasteiger partial charge on any atom is 0.325 e. The molecule has 224 valence electrons. The first kappa shape index (κ1) is 30.8. The summed E-state index contributed by atoms with van der Waals surface area (Å²) in [4.78, 5) is 54.7. The third-order valence-electron chi connectivity index (χ3n) is 7.11. The standard InChI is InChI=1S/C32H35N5O6/c1-19(32(42)43)35-30(40)28(17-22-18-34-26-10-6-5-9-24(22)26)37-31(41)27(16-21-11-13-23(38)14-12-21)36-29(39)25(33)15-20-7-3-2-4-8-20/h2-14,18-19,25,27-28,34,38H,15-17,33H2,1H3,(H,35,40)(H,36,39)(H,37,41)(H,42,43). The van der Waals surface area contributed by atoms with Gasteiger partial charge >= 0.3 is 5.97 Å². The van der Waals surface area contributed by atoms with Gasteiger partial charge in [0, 0.05) is 29.9 Å². The number of fused-ring (bicyclic) bond motifs is 1. The van der Waals surface area contributed by atoms with E-state index in [-0.39, 0.29) is 25.0 Å². The van der Waals surface area contributed by atoms with Gasteiger partial charge in [0.1, 0.15) is 23.9 Å². The predicted molar refractivity (Wildman–Crippen MR) is 161 cm³/mol. The number of hydrogen-bond donors (Lipinski definition) is 7. The molecule has 0 saturated heterocycles. The fourth-order valence-corrected chi connectivity index (χ4v) is 4.69. The lowest BCUT2D eigenvalue weighted by Gasteiger charge is -2.25. The number of phenolic OH excluding ortho intramolecular Hbond substituents is 1. The van der Waals surface area contributed by atoms with Crippen molar-refractivity contribution in [2.45, 2.75) is 50.4 Å². The minimum absolute atomic E-state index is 0.0432. The van der Waals surface area contributed by atoms with Crippen molar-refractivity contribution in [1.29, 1.82) is 0 Å². The van der Waals surface area contributed by atoms with Crippen molar-refractivity contribution in [1.82, 2.24) is 20.9 Å². The van der Waals surface area contributed by atoms with E-state index >= 15 is 0 Å². The fourth-order valence-electron chi connectivity index (χ4n) is 4.69. The fraction of sp³-hybridized carbons (Fsp3) is 0.250. The summed E-state index contributed by atoms with van der Waals surface area (Å²) in [6, 6.07) is 18.4. The lowest BCUT2D eigenvalue weighted by molar-refractivity contribution is -0.141. The molecule has 1 heterocycles. The van der Waals surface area contributed by atoms with Crippen molar-refractivity contribution in [3.8, 4) is 5.75 Å². The van der Waals surface area contributed by atoms with Crippen LogP contribution in [0.3, 0.4) is 0 Å². The molecule has 0 spiro atoms. The molecule has 43 heavy (non-hydrogen) atoms. The van der Waals surface area contributed by atoms with E-state index in [2.05, 4.69) is 20.9 Å². The highest BCUT2D eigenvalue weighted by Crippen LogP contribution is 2.19. The van der Waals surface area contributed by atoms with Crippen molar-refractivity contribution in [3.63, 3.8) is 0 Å². The van der Waals surface area contributed by atoms with E-state index in [0.29, 0.717) is 5.56 Å². The summed E-state index contributed by atoms with van der Waals surface area (Å²) < 4.78 is 0. The first-order valence-corrected chi connectivity index (χ1v) is 13.9. The second-order valence-corrected chi connectivity index (χ2v) is 10.4. The van der Waals surface area contributed by atoms with Crippen LogP contribution in [0.5, 0.6) is 5.75 Å². The van der Waals surface area contributed by atoms with Crippen LogP contribution >= 0.6 is 0 Å². The van der Waals surface area contributed by atoms with Gasteiger partial charge in [-0.25, -0.2) is 0 Å². The summed E-state index contributed by atoms with van der Waals surface area (Å²) in [5.74, 6) is -3.09. The summed E-state index contributed by atoms with van der Waals surface area (Å²) in [6.07, 6.45) is 2.08. The predicted octanol–water partition coefficient (Wildman–Crippen LogP) is 1.79. The van der Waals surface area contributed by atoms with E-state index in [4.69, 9.17) is 5.73 Å². The molecule has 8 N–H and O–H groups in total. The summed E-state index contributed by atoms with van der Waals surface area (Å²) >= 11 is 0. The Hall–Kier alpha value is -5.16. The van der Waals surface area contributed by atoms with E-state index in [1.807, 2.05) is 54.6 Å². The number of aromatic amines is 1. The van der Waals surface area contributed by atoms with E-state index in [1.54, 1.807) is 18.3 Å². The van der Waals surface area contributed by atoms with Gasteiger partial charge in [0.05, 0.1) is 6.04 Å². The molecule has 0 radical (unpaired) electrons. The van der Waals surface area contributed by atoms with Gasteiger partial charge in [0.15, 0.2) is 0 Å². The molecule has 0 saturated carbocycles. The van der Waals surface area contributed by atoms with Crippen LogP contribution in [0.15, 0.2) is 85.1 Å². The SMILES string of the molecule is CC(NC(=O)C(Cc1c[nH]c2ccccc12)NC(=O)C(Cc1ccc(O)cc1)NC(=O)C(N)Cc1ccccc1)C(=O)O. The molecule has 0 aliphatic rings. The van der Waals surface area contributed by atoms with Crippen LogP contribution in [0.25, 0.3) is 10.9 Å². The highest BCUT2D eigenvalue weighted by atomic mass is 16.4. The summed E-state index contributed by atoms with van der Waals surface area (Å²) in [5.41, 5.74) is 9.26. The van der Waals surface area contributed by atoms with Crippen molar-refractivity contribution in [3.05, 3.63) is 102 Å². The summed E-state index contributed by atoms with van der Waals surface area (Å²) in [7, 11) is 0. The summed E-state index contributed by atoms with van der Waals surface area (Å²) in [6.45, 7) is 1.33. The third-order valence-corrected chi connectivity index (χ3v) is 7.11. The molecule has 3 amide bonds. The number of carboxylic acids is 1. The van der Waals surface area contributed by atoms with Crippen LogP contribution in [-0.4, -0.2) is 63.1 Å². The normalized spacial score (nSPS) is 13.8. The van der Waals surface area contributed by atoms with Crippen molar-refractivity contribution in [2.24, 2.45) is 5.73 Å². The molecule has 11 nitrogen and oxygen atoms in total. The van der Waals surface area contributed by atoms with Crippen molar-refractivity contribution in [2.75, 3.05) is 0 Å². The Morgan fingerprint density at radius 3 is 2.02 bits per heavy atom. The highest BCUT2D eigenvalue weighted by molar-refractivity contribution is 5.95. The molecular weight excluding hydrogens is 550 g/mol. The second-order valence-electron chi connectivity index (χ2n) is 10.4. The number of amides is 3. The molecule has 4 atom stereocenters. The maximum absolute atomic E-state index is 13.7. The Balaban J connectivity index is 1.57. The van der Waals surface area contributed by atoms with E-state index < -0.39 is 47.9 Å². The molecular formula is C32H35N5O6. The van der Waals surface area contributed by atoms with Gasteiger partial charge in [-0.05, 0) is 48.2 Å². The quantitative estimate of drug-likeness (QED) is 0.125. The average Bonchev–Trinajstić information content (AvgIpc) is 3.40. The Morgan fingerprint density at radius 2 is 1.33 bits per heavy atom. The second kappa shape index (κ2) is 14.1. The van der Waals surface area contributed by atoms with Crippen LogP contribution in [0.4, 0.5) is 0 Å². The van der Waals surface area contributed by atoms with Gasteiger partial charge in [-0.3, -0.25) is 19.2 Å². The van der Waals surface area contributed by atoms with Gasteiger partial charge in [0.25, 0.3) is 0 Å². The van der Waals surface area contributed by atoms with Crippen LogP contribution in [0.2, 0.25) is 0 Å². The molecule has 0 aliphatic carbocycles. The van der Waals surface area contributed by atoms with Crippen LogP contribution < -0.4 is 21.7 Å². The first-order chi connectivity index (χ1) is 20.6. The highest BCUT2D eigenvalue weighted by Gasteiger charge is 2.30. The van der Waals surface area contributed by atoms with Gasteiger partial charge < -0.3 is 36.9 Å². The zero-order valence-electron chi connectivity index (χ0n) is 23.6. The minimum Gasteiger partial charge on any atom is -0.508 e. The molecule has 0 fully saturated rings. The number of aromatic hydroxyl groups is 1. The number of aromatic nitrogens is 1. The molecule has 1 aromatic heterocycles. The third kappa shape index (κ3) is 8.43. The molecule has 4 rings (SSSR count). The van der Waals surface area contributed by atoms with Crippen LogP contribution in [-0.2, 0) is 38.4 Å². The lowest BCUT2D eigenvalue weighted by Crippen LogP contribution is -2.58. The Labute approximate surface area is 248 Å². The topological polar surface area (TPSA) is 187 Å². The summed E-state index contributed by atoms with van der Waals surface area (Å²) in [5, 5.41) is 27.8. The van der Waals surface area contributed by atoms with Gasteiger partial charge in [0.2, 0.25) is 17.7 Å². The number of nitrogens with two attached hydrogens (primary N) is 1. The molecule has 4 aromatic rings. The number of carboxylic acid groups (broad SMARTS) is 1. The Bertz CT molecular complexity index is 1570. The molecule has 3 aromatic carbocycles. The van der Waals surface area contributed by atoms with Crippen molar-refractivity contribution >= 4 is 34.6 Å². The zero-order chi connectivity index (χ0) is 30.9. The van der Waals surface area contributed by atoms with Gasteiger partial charge in [-0.15, -0.1) is 0 Å². The monoisotopic (exact) mass is 585 g/mol.